The zero-order valence-electron chi connectivity index (χ0n) is 45.7. The summed E-state index contributed by atoms with van der Waals surface area (Å²) < 4.78 is 62.5. The van der Waals surface area contributed by atoms with Crippen LogP contribution in [0, 0.1) is 11.6 Å². The second-order valence-corrected chi connectivity index (χ2v) is 21.7. The molecule has 8 rings (SSSR count). The summed E-state index contributed by atoms with van der Waals surface area (Å²) in [7, 11) is 0. The highest BCUT2D eigenvalue weighted by molar-refractivity contribution is 9.08. The second kappa shape index (κ2) is 27.0. The molecule has 4 heterocycles. The third-order valence-corrected chi connectivity index (χ3v) is 13.5. The molecule has 0 saturated carbocycles. The smallest absolute Gasteiger partial charge is 0.414 e. The van der Waals surface area contributed by atoms with Crippen molar-refractivity contribution in [1.82, 2.24) is 20.4 Å². The van der Waals surface area contributed by atoms with E-state index in [1.807, 2.05) is 34.1 Å². The SMILES string of the molecule is CC(C)(C)OC(=O)NC[C@H]1CN(c2ccc(N3CCN(C(=O)COc4ccc(CBr)cc4)CC3)c(F)c2)C(=O)O1.CC(C)(C)OC(=O)NC[C@H]1CN(c2ccc(N3CCN(C(=O)COc4ccc(CO)cc4)CC3)c(F)c2)C(=O)O1. The second-order valence-electron chi connectivity index (χ2n) is 21.2. The Bertz CT molecular complexity index is 2610. The minimum atomic E-state index is -0.646. The monoisotopic (exact) mass is 1180 g/mol. The Morgan fingerprint density at radius 3 is 1.30 bits per heavy atom. The summed E-state index contributed by atoms with van der Waals surface area (Å²) in [4.78, 5) is 83.5. The molecule has 6 amide bonds. The number of alkyl carbamates (subject to hydrolysis) is 2. The largest absolute Gasteiger partial charge is 0.484 e. The number of alkyl halides is 1. The topological polar surface area (TPSA) is 222 Å². The highest BCUT2D eigenvalue weighted by atomic mass is 79.9. The van der Waals surface area contributed by atoms with Crippen LogP contribution in [0.5, 0.6) is 11.5 Å². The third kappa shape index (κ3) is 17.2. The van der Waals surface area contributed by atoms with Crippen LogP contribution in [0.1, 0.15) is 52.7 Å². The number of hydrogen-bond donors (Lipinski definition) is 3. The molecule has 0 aromatic heterocycles. The molecule has 4 aliphatic heterocycles. The fraction of sp³-hybridized carbons (Fsp3) is 0.464. The molecule has 432 valence electrons. The van der Waals surface area contributed by atoms with Crippen LogP contribution >= 0.6 is 15.9 Å². The summed E-state index contributed by atoms with van der Waals surface area (Å²) in [6.45, 7) is 14.3. The normalized spacial score (nSPS) is 17.5. The maximum Gasteiger partial charge on any atom is 0.414 e. The predicted octanol–water partition coefficient (Wildman–Crippen LogP) is 7.19. The van der Waals surface area contributed by atoms with E-state index in [-0.39, 0.29) is 57.8 Å². The Morgan fingerprint density at radius 1 is 0.588 bits per heavy atom. The van der Waals surface area contributed by atoms with Crippen molar-refractivity contribution in [3.05, 3.63) is 108 Å². The highest BCUT2D eigenvalue weighted by Gasteiger charge is 2.36. The predicted molar refractivity (Wildman–Crippen MR) is 297 cm³/mol. The molecule has 4 fully saturated rings. The summed E-state index contributed by atoms with van der Waals surface area (Å²) >= 11 is 3.40. The number of cyclic esters (lactones) is 2. The van der Waals surface area contributed by atoms with Gasteiger partial charge in [-0.1, -0.05) is 40.2 Å². The Kier molecular flexibility index (Phi) is 20.3. The number of nitrogens with zero attached hydrogens (tertiary/aromatic N) is 6. The number of aliphatic hydroxyl groups excluding tert-OH is 1. The van der Waals surface area contributed by atoms with Crippen molar-refractivity contribution in [2.24, 2.45) is 0 Å². The van der Waals surface area contributed by atoms with Crippen molar-refractivity contribution in [2.45, 2.75) is 76.9 Å². The standard InChI is InChI=1S/C28H34BrFN4O6.C28H35FN4O7/c1-28(2,3)40-26(36)31-16-22-17-34(27(37)39-22)20-6-9-24(23(30)14-20)32-10-12-33(13-11-32)25(35)18-38-21-7-4-19(15-29)5-8-21;1-28(2,3)40-26(36)30-15-22-16-33(27(37)39-22)20-6-9-24(23(29)14-20)31-10-12-32(13-11-31)25(35)18-38-21-7-4-19(17-34)5-8-21/h4-9,14,22H,10-13,15-18H2,1-3H3,(H,31,36);4-9,14,22,34H,10-13,15-18H2,1-3H3,(H,30,36)/t2*22-/m00/s1. The molecule has 0 bridgehead atoms. The van der Waals surface area contributed by atoms with E-state index in [1.54, 1.807) is 99.9 Å². The molecule has 24 heteroatoms. The van der Waals surface area contributed by atoms with Crippen LogP contribution in [0.3, 0.4) is 0 Å². The van der Waals surface area contributed by atoms with Gasteiger partial charge in [-0.15, -0.1) is 0 Å². The van der Waals surface area contributed by atoms with Crippen molar-refractivity contribution >= 4 is 74.9 Å². The van der Waals surface area contributed by atoms with E-state index >= 15 is 8.78 Å². The van der Waals surface area contributed by atoms with Gasteiger partial charge < -0.3 is 63.8 Å². The minimum Gasteiger partial charge on any atom is -0.484 e. The number of carbonyl (C=O) groups excluding carboxylic acids is 6. The van der Waals surface area contributed by atoms with Crippen molar-refractivity contribution < 1.29 is 71.1 Å². The van der Waals surface area contributed by atoms with Gasteiger partial charge in [-0.3, -0.25) is 19.4 Å². The molecule has 3 N–H and O–H groups in total. The Balaban J connectivity index is 0.000000231. The van der Waals surface area contributed by atoms with Crippen LogP contribution in [0.25, 0.3) is 0 Å². The van der Waals surface area contributed by atoms with Crippen LogP contribution in [-0.2, 0) is 40.5 Å². The summed E-state index contributed by atoms with van der Waals surface area (Å²) in [5.74, 6) is -0.0794. The summed E-state index contributed by atoms with van der Waals surface area (Å²) in [5.41, 5.74) is 2.08. The Hall–Kier alpha value is -7.60. The summed E-state index contributed by atoms with van der Waals surface area (Å²) in [6.07, 6.45) is -3.64. The lowest BCUT2D eigenvalue weighted by atomic mass is 10.2. The zero-order valence-corrected chi connectivity index (χ0v) is 47.3. The first-order chi connectivity index (χ1) is 38.0. The molecule has 0 spiro atoms. The molecular formula is C56H69BrF2N8O13. The van der Waals surface area contributed by atoms with Gasteiger partial charge in [0.15, 0.2) is 13.2 Å². The number of aliphatic hydroxyl groups is 1. The van der Waals surface area contributed by atoms with Crippen molar-refractivity contribution in [3.8, 4) is 11.5 Å². The first kappa shape index (κ1) is 60.0. The molecule has 0 unspecified atom stereocenters. The van der Waals surface area contributed by atoms with Gasteiger partial charge in [0.2, 0.25) is 0 Å². The van der Waals surface area contributed by atoms with Gasteiger partial charge in [0.25, 0.3) is 11.8 Å². The molecule has 4 aliphatic rings. The van der Waals surface area contributed by atoms with Gasteiger partial charge in [-0.25, -0.2) is 28.0 Å². The lowest BCUT2D eigenvalue weighted by molar-refractivity contribution is -0.134. The number of amides is 6. The van der Waals surface area contributed by atoms with Crippen LogP contribution in [0.4, 0.5) is 50.7 Å². The van der Waals surface area contributed by atoms with Crippen LogP contribution in [0.15, 0.2) is 84.9 Å². The molecule has 0 radical (unpaired) electrons. The molecule has 0 aliphatic carbocycles. The van der Waals surface area contributed by atoms with E-state index in [4.69, 9.17) is 33.5 Å². The maximum absolute atomic E-state index is 15.1. The number of piperazine rings is 2. The van der Waals surface area contributed by atoms with Gasteiger partial charge in [0.1, 0.15) is 46.5 Å². The lowest BCUT2D eigenvalue weighted by Crippen LogP contribution is -2.50. The molecule has 2 atom stereocenters. The van der Waals surface area contributed by atoms with E-state index < -0.39 is 59.4 Å². The van der Waals surface area contributed by atoms with E-state index in [1.165, 1.54) is 21.9 Å². The fourth-order valence-electron chi connectivity index (χ4n) is 8.77. The first-order valence-corrected chi connectivity index (χ1v) is 27.3. The third-order valence-electron chi connectivity index (χ3n) is 12.8. The van der Waals surface area contributed by atoms with Gasteiger partial charge in [0.05, 0.1) is 55.5 Å². The number of halogens is 3. The van der Waals surface area contributed by atoms with Gasteiger partial charge in [0, 0.05) is 57.7 Å². The number of hydrogen-bond acceptors (Lipinski definition) is 15. The molecular weight excluding hydrogens is 1110 g/mol. The molecule has 21 nitrogen and oxygen atoms in total. The van der Waals surface area contributed by atoms with Crippen molar-refractivity contribution in [1.29, 1.82) is 0 Å². The minimum absolute atomic E-state index is 0.0586. The zero-order chi connectivity index (χ0) is 57.7. The van der Waals surface area contributed by atoms with Gasteiger partial charge in [-0.2, -0.15) is 0 Å². The van der Waals surface area contributed by atoms with E-state index in [0.717, 1.165) is 16.5 Å². The van der Waals surface area contributed by atoms with Crippen LogP contribution in [0.2, 0.25) is 0 Å². The number of ether oxygens (including phenoxy) is 6. The van der Waals surface area contributed by atoms with Crippen LogP contribution < -0.4 is 39.7 Å². The number of benzene rings is 4. The number of carbonyl (C=O) groups is 6. The maximum atomic E-state index is 15.1. The Labute approximate surface area is 472 Å². The quantitative estimate of drug-likeness (QED) is 0.0746. The average Bonchev–Trinajstić information content (AvgIpc) is 4.01. The van der Waals surface area contributed by atoms with E-state index in [9.17, 15) is 28.8 Å². The lowest BCUT2D eigenvalue weighted by Gasteiger charge is -2.36. The van der Waals surface area contributed by atoms with E-state index in [0.29, 0.717) is 86.6 Å². The molecule has 80 heavy (non-hydrogen) atoms. The van der Waals surface area contributed by atoms with E-state index in [2.05, 4.69) is 26.6 Å². The van der Waals surface area contributed by atoms with Crippen molar-refractivity contribution in [3.63, 3.8) is 0 Å². The Morgan fingerprint density at radius 2 is 0.963 bits per heavy atom. The van der Waals surface area contributed by atoms with Crippen molar-refractivity contribution in [2.75, 3.05) is 111 Å². The summed E-state index contributed by atoms with van der Waals surface area (Å²) in [6, 6.07) is 23.5. The molecule has 4 aromatic rings. The first-order valence-electron chi connectivity index (χ1n) is 26.2. The summed E-state index contributed by atoms with van der Waals surface area (Å²) in [5, 5.41) is 15.0. The number of anilines is 4. The molecule has 4 aromatic carbocycles. The fourth-order valence-corrected chi connectivity index (χ4v) is 9.15. The van der Waals surface area contributed by atoms with Crippen LogP contribution in [-0.4, -0.2) is 166 Å². The number of nitrogens with one attached hydrogen (secondary N) is 2. The van der Waals surface area contributed by atoms with Gasteiger partial charge >= 0.3 is 24.4 Å². The highest BCUT2D eigenvalue weighted by Crippen LogP contribution is 2.31. The van der Waals surface area contributed by atoms with Gasteiger partial charge in [-0.05, 0) is 113 Å². The molecule has 4 saturated heterocycles. The number of rotatable bonds is 16. The average molecular weight is 1180 g/mol.